The van der Waals surface area contributed by atoms with Crippen LogP contribution < -0.4 is 0 Å². The molecule has 0 unspecified atom stereocenters. The molecule has 1 aliphatic heterocycles. The molecule has 0 aliphatic carbocycles. The van der Waals surface area contributed by atoms with Crippen LogP contribution in [0.25, 0.3) is 11.3 Å². The second-order valence-corrected chi connectivity index (χ2v) is 8.08. The van der Waals surface area contributed by atoms with E-state index in [9.17, 15) is 8.42 Å². The summed E-state index contributed by atoms with van der Waals surface area (Å²) in [6, 6.07) is 0. The molecule has 0 spiro atoms. The predicted molar refractivity (Wildman–Crippen MR) is 87.2 cm³/mol. The Balaban J connectivity index is 1.82. The van der Waals surface area contributed by atoms with E-state index in [1.165, 1.54) is 6.26 Å². The van der Waals surface area contributed by atoms with Crippen molar-refractivity contribution in [2.45, 2.75) is 26.2 Å². The molecule has 0 radical (unpaired) electrons. The molecule has 7 nitrogen and oxygen atoms in total. The van der Waals surface area contributed by atoms with Crippen molar-refractivity contribution in [3.8, 4) is 11.3 Å². The van der Waals surface area contributed by atoms with Gasteiger partial charge in [-0.3, -0.25) is 15.1 Å². The van der Waals surface area contributed by atoms with Gasteiger partial charge in [-0.25, -0.2) is 12.7 Å². The lowest BCUT2D eigenvalue weighted by Crippen LogP contribution is -2.39. The number of aromatic nitrogens is 4. The summed E-state index contributed by atoms with van der Waals surface area (Å²) in [5.74, 6) is 0.265. The maximum absolute atomic E-state index is 11.8. The van der Waals surface area contributed by atoms with Gasteiger partial charge in [0.15, 0.2) is 0 Å². The summed E-state index contributed by atoms with van der Waals surface area (Å²) in [5, 5.41) is 6.97. The van der Waals surface area contributed by atoms with Crippen molar-refractivity contribution in [2.24, 2.45) is 5.92 Å². The summed E-state index contributed by atoms with van der Waals surface area (Å²) in [4.78, 5) is 8.95. The number of aromatic amines is 1. The fraction of sp³-hybridized carbons (Fsp3) is 0.533. The van der Waals surface area contributed by atoms with Gasteiger partial charge in [0.1, 0.15) is 0 Å². The maximum Gasteiger partial charge on any atom is 0.211 e. The molecule has 0 bridgehead atoms. The van der Waals surface area contributed by atoms with Gasteiger partial charge in [0.25, 0.3) is 0 Å². The zero-order valence-electron chi connectivity index (χ0n) is 13.4. The summed E-state index contributed by atoms with van der Waals surface area (Å²) < 4.78 is 25.1. The molecule has 2 aromatic heterocycles. The quantitative estimate of drug-likeness (QED) is 0.911. The molecule has 3 heterocycles. The van der Waals surface area contributed by atoms with Gasteiger partial charge in [-0.1, -0.05) is 0 Å². The summed E-state index contributed by atoms with van der Waals surface area (Å²) in [6.45, 7) is 3.12. The average Bonchev–Trinajstić information content (AvgIpc) is 2.93. The van der Waals surface area contributed by atoms with Crippen LogP contribution in [0.15, 0.2) is 18.6 Å². The number of hydrogen-bond acceptors (Lipinski definition) is 5. The number of nitrogens with zero attached hydrogens (tertiary/aromatic N) is 4. The fourth-order valence-corrected chi connectivity index (χ4v) is 4.04. The number of sulfonamides is 1. The Morgan fingerprint density at radius 2 is 2.13 bits per heavy atom. The predicted octanol–water partition coefficient (Wildman–Crippen LogP) is 1.39. The molecule has 8 heteroatoms. The molecular weight excluding hydrogens is 314 g/mol. The number of piperidine rings is 1. The Labute approximate surface area is 136 Å². The second-order valence-electron chi connectivity index (χ2n) is 6.09. The van der Waals surface area contributed by atoms with Crippen molar-refractivity contribution in [1.82, 2.24) is 24.5 Å². The lowest BCUT2D eigenvalue weighted by atomic mass is 9.93. The highest BCUT2D eigenvalue weighted by Crippen LogP contribution is 2.27. The van der Waals surface area contributed by atoms with Gasteiger partial charge in [-0.15, -0.1) is 0 Å². The first kappa shape index (κ1) is 16.1. The lowest BCUT2D eigenvalue weighted by molar-refractivity contribution is 0.265. The van der Waals surface area contributed by atoms with E-state index in [-0.39, 0.29) is 5.92 Å². The van der Waals surface area contributed by atoms with E-state index in [0.29, 0.717) is 13.1 Å². The van der Waals surface area contributed by atoms with Crippen LogP contribution in [0, 0.1) is 12.8 Å². The Morgan fingerprint density at radius 1 is 1.35 bits per heavy atom. The summed E-state index contributed by atoms with van der Waals surface area (Å²) in [7, 11) is -3.13. The Morgan fingerprint density at radius 3 is 2.83 bits per heavy atom. The van der Waals surface area contributed by atoms with Crippen LogP contribution in [-0.4, -0.2) is 52.2 Å². The fourth-order valence-electron chi connectivity index (χ4n) is 3.10. The van der Waals surface area contributed by atoms with Gasteiger partial charge in [-0.2, -0.15) is 5.10 Å². The smallest absolute Gasteiger partial charge is 0.211 e. The summed E-state index contributed by atoms with van der Waals surface area (Å²) in [5.41, 5.74) is 3.63. The minimum Gasteiger partial charge on any atom is -0.282 e. The molecule has 0 amide bonds. The van der Waals surface area contributed by atoms with Gasteiger partial charge in [0.05, 0.1) is 23.8 Å². The van der Waals surface area contributed by atoms with Crippen molar-refractivity contribution in [3.05, 3.63) is 30.0 Å². The van der Waals surface area contributed by atoms with Gasteiger partial charge in [0, 0.05) is 36.7 Å². The van der Waals surface area contributed by atoms with Crippen molar-refractivity contribution < 1.29 is 8.42 Å². The van der Waals surface area contributed by atoms with Crippen molar-refractivity contribution in [1.29, 1.82) is 0 Å². The summed E-state index contributed by atoms with van der Waals surface area (Å²) >= 11 is 0. The first-order valence-corrected chi connectivity index (χ1v) is 9.55. The lowest BCUT2D eigenvalue weighted by Gasteiger charge is -2.31. The number of aryl methyl sites for hydroxylation is 1. The molecule has 1 saturated heterocycles. The first-order valence-electron chi connectivity index (χ1n) is 7.70. The zero-order valence-corrected chi connectivity index (χ0v) is 14.2. The Hall–Kier alpha value is -1.80. The minimum absolute atomic E-state index is 0.265. The monoisotopic (exact) mass is 335 g/mol. The molecule has 124 valence electrons. The van der Waals surface area contributed by atoms with E-state index in [2.05, 4.69) is 20.2 Å². The van der Waals surface area contributed by atoms with Crippen molar-refractivity contribution in [2.75, 3.05) is 19.3 Å². The first-order chi connectivity index (χ1) is 10.9. The molecule has 1 atom stereocenters. The SMILES string of the molecule is Cc1[nH]ncc1-c1nccnc1C[C@@H]1CCCN(S(C)(=O)=O)C1. The topological polar surface area (TPSA) is 91.8 Å². The molecule has 1 aliphatic rings. The van der Waals surface area contributed by atoms with E-state index >= 15 is 0 Å². The van der Waals surface area contributed by atoms with Crippen LogP contribution >= 0.6 is 0 Å². The molecule has 0 saturated carbocycles. The third-order valence-electron chi connectivity index (χ3n) is 4.29. The van der Waals surface area contributed by atoms with E-state index in [4.69, 9.17) is 0 Å². The van der Waals surface area contributed by atoms with Crippen molar-refractivity contribution in [3.63, 3.8) is 0 Å². The second kappa shape index (κ2) is 6.37. The molecule has 0 aromatic carbocycles. The van der Waals surface area contributed by atoms with Crippen LogP contribution in [0.2, 0.25) is 0 Å². The number of hydrogen-bond donors (Lipinski definition) is 1. The molecule has 23 heavy (non-hydrogen) atoms. The minimum atomic E-state index is -3.13. The summed E-state index contributed by atoms with van der Waals surface area (Å²) in [6.07, 6.45) is 9.01. The van der Waals surface area contributed by atoms with Crippen molar-refractivity contribution >= 4 is 10.0 Å². The molecule has 2 aromatic rings. The van der Waals surface area contributed by atoms with Gasteiger partial charge >= 0.3 is 0 Å². The van der Waals surface area contributed by atoms with E-state index in [0.717, 1.165) is 41.9 Å². The highest BCUT2D eigenvalue weighted by Gasteiger charge is 2.27. The third kappa shape index (κ3) is 3.59. The van der Waals surface area contributed by atoms with E-state index < -0.39 is 10.0 Å². The Bertz CT molecular complexity index is 787. The molecule has 1 fully saturated rings. The maximum atomic E-state index is 11.8. The highest BCUT2D eigenvalue weighted by molar-refractivity contribution is 7.88. The van der Waals surface area contributed by atoms with Crippen LogP contribution in [0.3, 0.4) is 0 Å². The van der Waals surface area contributed by atoms with Crippen LogP contribution in [0.4, 0.5) is 0 Å². The number of nitrogens with one attached hydrogen (secondary N) is 1. The van der Waals surface area contributed by atoms with Gasteiger partial charge in [0.2, 0.25) is 10.0 Å². The van der Waals surface area contributed by atoms with E-state index in [1.807, 2.05) is 6.92 Å². The van der Waals surface area contributed by atoms with Crippen LogP contribution in [-0.2, 0) is 16.4 Å². The van der Waals surface area contributed by atoms with Crippen LogP contribution in [0.5, 0.6) is 0 Å². The Kier molecular flexibility index (Phi) is 4.45. The average molecular weight is 335 g/mol. The van der Waals surface area contributed by atoms with Crippen LogP contribution in [0.1, 0.15) is 24.2 Å². The number of H-pyrrole nitrogens is 1. The molecule has 3 rings (SSSR count). The zero-order chi connectivity index (χ0) is 16.4. The van der Waals surface area contributed by atoms with Gasteiger partial charge in [-0.05, 0) is 32.1 Å². The largest absolute Gasteiger partial charge is 0.282 e. The third-order valence-corrected chi connectivity index (χ3v) is 5.56. The normalized spacial score (nSPS) is 19.8. The van der Waals surface area contributed by atoms with Gasteiger partial charge < -0.3 is 0 Å². The number of rotatable bonds is 4. The molecular formula is C15H21N5O2S. The molecule has 1 N–H and O–H groups in total. The van der Waals surface area contributed by atoms with E-state index in [1.54, 1.807) is 22.9 Å². The highest BCUT2D eigenvalue weighted by atomic mass is 32.2. The standard InChI is InChI=1S/C15H21N5O2S/c1-11-13(9-18-19-11)15-14(16-5-6-17-15)8-12-4-3-7-20(10-12)23(2,21)22/h5-6,9,12H,3-4,7-8,10H2,1-2H3,(H,18,19)/t12-/m0/s1.